The molecule has 1 aromatic carbocycles. The van der Waals surface area contributed by atoms with Crippen molar-refractivity contribution in [2.75, 3.05) is 11.5 Å². The predicted octanol–water partition coefficient (Wildman–Crippen LogP) is 2.39. The molecule has 0 saturated carbocycles. The summed E-state index contributed by atoms with van der Waals surface area (Å²) in [6.45, 7) is 2.67. The molecule has 0 aliphatic rings. The van der Waals surface area contributed by atoms with E-state index >= 15 is 0 Å². The standard InChI is InChI=1S/C11H13ClN4/c1-2-16-10(9(13)11(14)15-16)7-5-3-4-6-8(7)12/h3-6H,2,13H2,1H3,(H2,14,15). The van der Waals surface area contributed by atoms with Crippen LogP contribution in [0.3, 0.4) is 0 Å². The lowest BCUT2D eigenvalue weighted by atomic mass is 10.1. The molecular weight excluding hydrogens is 224 g/mol. The van der Waals surface area contributed by atoms with Crippen LogP contribution in [-0.4, -0.2) is 9.78 Å². The van der Waals surface area contributed by atoms with Gasteiger partial charge in [0.2, 0.25) is 0 Å². The van der Waals surface area contributed by atoms with Crippen molar-refractivity contribution in [3.8, 4) is 11.3 Å². The van der Waals surface area contributed by atoms with Gasteiger partial charge >= 0.3 is 0 Å². The SMILES string of the molecule is CCn1nc(N)c(N)c1-c1ccccc1Cl. The van der Waals surface area contributed by atoms with Crippen LogP contribution >= 0.6 is 11.6 Å². The fourth-order valence-electron chi connectivity index (χ4n) is 1.66. The van der Waals surface area contributed by atoms with Gasteiger partial charge in [0.15, 0.2) is 5.82 Å². The van der Waals surface area contributed by atoms with Crippen molar-refractivity contribution < 1.29 is 0 Å². The molecule has 0 spiro atoms. The van der Waals surface area contributed by atoms with Crippen LogP contribution < -0.4 is 11.5 Å². The molecule has 2 rings (SSSR count). The molecule has 84 valence electrons. The van der Waals surface area contributed by atoms with E-state index in [1.807, 2.05) is 31.2 Å². The molecular formula is C11H13ClN4. The Hall–Kier alpha value is -1.68. The molecule has 4 N–H and O–H groups in total. The molecule has 1 aromatic heterocycles. The van der Waals surface area contributed by atoms with Crippen molar-refractivity contribution in [2.24, 2.45) is 0 Å². The molecule has 0 unspecified atom stereocenters. The monoisotopic (exact) mass is 236 g/mol. The van der Waals surface area contributed by atoms with Crippen LogP contribution in [0.2, 0.25) is 5.02 Å². The summed E-state index contributed by atoms with van der Waals surface area (Å²) in [5.74, 6) is 0.344. The van der Waals surface area contributed by atoms with Crippen LogP contribution in [0.4, 0.5) is 11.5 Å². The molecule has 4 nitrogen and oxygen atoms in total. The zero-order valence-corrected chi connectivity index (χ0v) is 9.70. The van der Waals surface area contributed by atoms with Gasteiger partial charge in [-0.05, 0) is 13.0 Å². The number of rotatable bonds is 2. The maximum atomic E-state index is 6.13. The zero-order chi connectivity index (χ0) is 11.7. The molecule has 0 atom stereocenters. The van der Waals surface area contributed by atoms with E-state index in [-0.39, 0.29) is 0 Å². The molecule has 0 aliphatic carbocycles. The maximum Gasteiger partial charge on any atom is 0.169 e. The van der Waals surface area contributed by atoms with E-state index in [0.29, 0.717) is 23.1 Å². The van der Waals surface area contributed by atoms with Gasteiger partial charge in [-0.15, -0.1) is 0 Å². The van der Waals surface area contributed by atoms with Gasteiger partial charge in [0.25, 0.3) is 0 Å². The highest BCUT2D eigenvalue weighted by molar-refractivity contribution is 6.33. The lowest BCUT2D eigenvalue weighted by Crippen LogP contribution is -2.00. The number of nitrogens with zero attached hydrogens (tertiary/aromatic N) is 2. The van der Waals surface area contributed by atoms with Crippen molar-refractivity contribution >= 4 is 23.1 Å². The third kappa shape index (κ3) is 1.61. The minimum Gasteiger partial charge on any atom is -0.394 e. The molecule has 1 heterocycles. The summed E-state index contributed by atoms with van der Waals surface area (Å²) >= 11 is 6.13. The summed E-state index contributed by atoms with van der Waals surface area (Å²) < 4.78 is 1.76. The number of benzene rings is 1. The van der Waals surface area contributed by atoms with Crippen molar-refractivity contribution in [1.82, 2.24) is 9.78 Å². The van der Waals surface area contributed by atoms with Crippen LogP contribution in [0.1, 0.15) is 6.92 Å². The van der Waals surface area contributed by atoms with Gasteiger partial charge in [-0.1, -0.05) is 29.8 Å². The smallest absolute Gasteiger partial charge is 0.169 e. The number of nitrogens with two attached hydrogens (primary N) is 2. The Balaban J connectivity index is 2.68. The fourth-order valence-corrected chi connectivity index (χ4v) is 1.89. The quantitative estimate of drug-likeness (QED) is 0.841. The van der Waals surface area contributed by atoms with Crippen LogP contribution in [-0.2, 0) is 6.54 Å². The second-order valence-corrected chi connectivity index (χ2v) is 3.85. The van der Waals surface area contributed by atoms with Crippen molar-refractivity contribution in [1.29, 1.82) is 0 Å². The molecule has 0 fully saturated rings. The number of anilines is 2. The summed E-state index contributed by atoms with van der Waals surface area (Å²) in [6, 6.07) is 7.50. The molecule has 0 saturated heterocycles. The number of hydrogen-bond donors (Lipinski definition) is 2. The summed E-state index contributed by atoms with van der Waals surface area (Å²) in [5, 5.41) is 4.80. The molecule has 0 aliphatic heterocycles. The molecule has 0 radical (unpaired) electrons. The normalized spacial score (nSPS) is 10.6. The average molecular weight is 237 g/mol. The summed E-state index contributed by atoms with van der Waals surface area (Å²) in [4.78, 5) is 0. The zero-order valence-electron chi connectivity index (χ0n) is 8.94. The van der Waals surface area contributed by atoms with Crippen molar-refractivity contribution in [3.63, 3.8) is 0 Å². The van der Waals surface area contributed by atoms with Crippen LogP contribution in [0.15, 0.2) is 24.3 Å². The van der Waals surface area contributed by atoms with E-state index in [0.717, 1.165) is 11.3 Å². The highest BCUT2D eigenvalue weighted by Crippen LogP contribution is 2.34. The van der Waals surface area contributed by atoms with Gasteiger partial charge in [0, 0.05) is 12.1 Å². The van der Waals surface area contributed by atoms with E-state index in [9.17, 15) is 0 Å². The van der Waals surface area contributed by atoms with E-state index in [1.54, 1.807) is 4.68 Å². The molecule has 0 bridgehead atoms. The third-order valence-corrected chi connectivity index (χ3v) is 2.78. The number of aryl methyl sites for hydroxylation is 1. The van der Waals surface area contributed by atoms with E-state index in [4.69, 9.17) is 23.1 Å². The Morgan fingerprint density at radius 2 is 2.00 bits per heavy atom. The van der Waals surface area contributed by atoms with Gasteiger partial charge in [0.05, 0.1) is 10.7 Å². The minimum atomic E-state index is 0.344. The largest absolute Gasteiger partial charge is 0.394 e. The second-order valence-electron chi connectivity index (χ2n) is 3.44. The summed E-state index contributed by atoms with van der Waals surface area (Å²) in [6.07, 6.45) is 0. The first-order valence-electron chi connectivity index (χ1n) is 5.01. The Morgan fingerprint density at radius 3 is 2.62 bits per heavy atom. The average Bonchev–Trinajstić information content (AvgIpc) is 2.56. The van der Waals surface area contributed by atoms with Gasteiger partial charge in [0.1, 0.15) is 5.69 Å². The fraction of sp³-hybridized carbons (Fsp3) is 0.182. The lowest BCUT2D eigenvalue weighted by Gasteiger charge is -2.07. The Kier molecular flexibility index (Phi) is 2.75. The summed E-state index contributed by atoms with van der Waals surface area (Å²) in [7, 11) is 0. The summed E-state index contributed by atoms with van der Waals surface area (Å²) in [5.41, 5.74) is 13.7. The first-order valence-corrected chi connectivity index (χ1v) is 5.39. The van der Waals surface area contributed by atoms with Crippen LogP contribution in [0, 0.1) is 0 Å². The molecule has 16 heavy (non-hydrogen) atoms. The highest BCUT2D eigenvalue weighted by Gasteiger charge is 2.15. The van der Waals surface area contributed by atoms with Gasteiger partial charge in [-0.3, -0.25) is 4.68 Å². The Bertz CT molecular complexity index is 519. The third-order valence-electron chi connectivity index (χ3n) is 2.45. The molecule has 0 amide bonds. The van der Waals surface area contributed by atoms with E-state index in [1.165, 1.54) is 0 Å². The van der Waals surface area contributed by atoms with Crippen molar-refractivity contribution in [3.05, 3.63) is 29.3 Å². The number of hydrogen-bond acceptors (Lipinski definition) is 3. The topological polar surface area (TPSA) is 69.9 Å². The highest BCUT2D eigenvalue weighted by atomic mass is 35.5. The number of halogens is 1. The van der Waals surface area contributed by atoms with Crippen LogP contribution in [0.25, 0.3) is 11.3 Å². The maximum absolute atomic E-state index is 6.13. The number of nitrogen functional groups attached to an aromatic ring is 2. The predicted molar refractivity (Wildman–Crippen MR) is 67.2 cm³/mol. The minimum absolute atomic E-state index is 0.344. The Morgan fingerprint density at radius 1 is 1.31 bits per heavy atom. The van der Waals surface area contributed by atoms with Gasteiger partial charge < -0.3 is 11.5 Å². The second kappa shape index (κ2) is 4.06. The first kappa shape index (κ1) is 10.8. The van der Waals surface area contributed by atoms with E-state index in [2.05, 4.69) is 5.10 Å². The number of aromatic nitrogens is 2. The van der Waals surface area contributed by atoms with Crippen LogP contribution in [0.5, 0.6) is 0 Å². The van der Waals surface area contributed by atoms with Gasteiger partial charge in [-0.2, -0.15) is 5.10 Å². The van der Waals surface area contributed by atoms with Crippen molar-refractivity contribution in [2.45, 2.75) is 13.5 Å². The van der Waals surface area contributed by atoms with Gasteiger partial charge in [-0.25, -0.2) is 0 Å². The Labute approximate surface area is 98.8 Å². The van der Waals surface area contributed by atoms with E-state index < -0.39 is 0 Å². The lowest BCUT2D eigenvalue weighted by molar-refractivity contribution is 0.670. The first-order chi connectivity index (χ1) is 7.65. The molecule has 2 aromatic rings. The molecule has 5 heteroatoms.